The molecule has 0 bridgehead atoms. The first-order valence-corrected chi connectivity index (χ1v) is 10.2. The van der Waals surface area contributed by atoms with Crippen LogP contribution in [0.15, 0.2) is 71.1 Å². The molecule has 7 nitrogen and oxygen atoms in total. The number of aromatic hydroxyl groups is 1. The molecule has 162 valence electrons. The lowest BCUT2D eigenvalue weighted by atomic mass is 10.1. The molecule has 0 aliphatic heterocycles. The number of aromatic nitrogens is 1. The van der Waals surface area contributed by atoms with E-state index in [4.69, 9.17) is 9.15 Å². The van der Waals surface area contributed by atoms with E-state index in [1.807, 2.05) is 38.1 Å². The monoisotopic (exact) mass is 430 g/mol. The second-order valence-electron chi connectivity index (χ2n) is 7.62. The van der Waals surface area contributed by atoms with Gasteiger partial charge < -0.3 is 19.6 Å². The van der Waals surface area contributed by atoms with Gasteiger partial charge in [-0.2, -0.15) is 0 Å². The van der Waals surface area contributed by atoms with Crippen LogP contribution in [0.2, 0.25) is 0 Å². The second-order valence-corrected chi connectivity index (χ2v) is 7.62. The van der Waals surface area contributed by atoms with E-state index >= 15 is 0 Å². The highest BCUT2D eigenvalue weighted by atomic mass is 16.5. The number of nitrogens with one attached hydrogen (secondary N) is 1. The zero-order chi connectivity index (χ0) is 22.7. The van der Waals surface area contributed by atoms with Gasteiger partial charge in [0.05, 0.1) is 11.1 Å². The number of phenolic OH excluding ortho intramolecular Hbond substituents is 1. The molecule has 0 saturated heterocycles. The molecule has 0 saturated carbocycles. The van der Waals surface area contributed by atoms with Gasteiger partial charge in [0.25, 0.3) is 5.91 Å². The summed E-state index contributed by atoms with van der Waals surface area (Å²) in [6, 6.07) is 18.5. The Hall–Kier alpha value is -4.13. The van der Waals surface area contributed by atoms with E-state index in [1.165, 1.54) is 12.1 Å². The Kier molecular flexibility index (Phi) is 5.89. The highest BCUT2D eigenvalue weighted by Crippen LogP contribution is 2.27. The van der Waals surface area contributed by atoms with E-state index in [-0.39, 0.29) is 29.9 Å². The topological polar surface area (TPSA) is 102 Å². The number of amides is 1. The Morgan fingerprint density at radius 3 is 2.53 bits per heavy atom. The average molecular weight is 430 g/mol. The van der Waals surface area contributed by atoms with Gasteiger partial charge in [-0.25, -0.2) is 9.78 Å². The van der Waals surface area contributed by atoms with Gasteiger partial charge in [0.15, 0.2) is 5.58 Å². The number of fused-ring (bicyclic) bond motifs is 1. The van der Waals surface area contributed by atoms with Crippen LogP contribution in [-0.4, -0.2) is 28.0 Å². The molecule has 0 radical (unpaired) electrons. The van der Waals surface area contributed by atoms with Crippen LogP contribution in [0.4, 0.5) is 0 Å². The number of hydrogen-bond donors (Lipinski definition) is 2. The maximum absolute atomic E-state index is 12.5. The third kappa shape index (κ3) is 4.62. The molecule has 3 aromatic carbocycles. The van der Waals surface area contributed by atoms with E-state index < -0.39 is 5.97 Å². The Morgan fingerprint density at radius 1 is 1.06 bits per heavy atom. The minimum Gasteiger partial charge on any atom is -0.508 e. The molecule has 0 aliphatic rings. The van der Waals surface area contributed by atoms with Crippen molar-refractivity contribution in [2.75, 3.05) is 0 Å². The Morgan fingerprint density at radius 2 is 1.81 bits per heavy atom. The summed E-state index contributed by atoms with van der Waals surface area (Å²) in [4.78, 5) is 29.1. The van der Waals surface area contributed by atoms with Crippen LogP contribution in [-0.2, 0) is 11.3 Å². The number of ether oxygens (including phenoxy) is 1. The minimum atomic E-state index is -0.517. The van der Waals surface area contributed by atoms with E-state index in [1.54, 1.807) is 30.3 Å². The maximum Gasteiger partial charge on any atom is 0.338 e. The lowest BCUT2D eigenvalue weighted by molar-refractivity contribution is 0.0472. The molecular formula is C25H22N2O5. The molecule has 0 spiro atoms. The minimum absolute atomic E-state index is 0.00647. The standard InChI is InChI=1S/C25H22N2O5/c1-15(2)26-23(29)20-7-4-8-21-22(20)32-24(27-21)17-11-9-16(10-12-17)14-31-25(30)18-5-3-6-19(28)13-18/h3-13,15,28H,14H2,1-2H3,(H,26,29). The fourth-order valence-electron chi connectivity index (χ4n) is 3.20. The zero-order valence-electron chi connectivity index (χ0n) is 17.7. The normalized spacial score (nSPS) is 11.0. The van der Waals surface area contributed by atoms with E-state index in [9.17, 15) is 14.7 Å². The predicted molar refractivity (Wildman–Crippen MR) is 119 cm³/mol. The van der Waals surface area contributed by atoms with Gasteiger partial charge in [0.2, 0.25) is 5.89 Å². The van der Waals surface area contributed by atoms with Crippen LogP contribution < -0.4 is 5.32 Å². The van der Waals surface area contributed by atoms with E-state index in [0.717, 1.165) is 11.1 Å². The molecule has 0 unspecified atom stereocenters. The summed E-state index contributed by atoms with van der Waals surface area (Å²) in [5.74, 6) is -0.326. The summed E-state index contributed by atoms with van der Waals surface area (Å²) in [7, 11) is 0. The number of esters is 1. The third-order valence-electron chi connectivity index (χ3n) is 4.73. The number of carbonyl (C=O) groups excluding carboxylic acids is 2. The van der Waals surface area contributed by atoms with Gasteiger partial charge in [-0.15, -0.1) is 0 Å². The molecule has 0 fully saturated rings. The smallest absolute Gasteiger partial charge is 0.338 e. The molecule has 1 amide bonds. The fraction of sp³-hybridized carbons (Fsp3) is 0.160. The number of rotatable bonds is 6. The Balaban J connectivity index is 1.49. The van der Waals surface area contributed by atoms with Crippen molar-refractivity contribution in [2.24, 2.45) is 0 Å². The maximum atomic E-state index is 12.5. The van der Waals surface area contributed by atoms with Gasteiger partial charge in [-0.1, -0.05) is 24.3 Å². The molecule has 4 aromatic rings. The van der Waals surface area contributed by atoms with E-state index in [2.05, 4.69) is 10.3 Å². The fourth-order valence-corrected chi connectivity index (χ4v) is 3.20. The first-order valence-electron chi connectivity index (χ1n) is 10.2. The highest BCUT2D eigenvalue weighted by Gasteiger charge is 2.17. The molecule has 7 heteroatoms. The molecule has 0 aliphatic carbocycles. The first-order chi connectivity index (χ1) is 15.4. The number of carbonyl (C=O) groups is 2. The third-order valence-corrected chi connectivity index (χ3v) is 4.73. The Bertz CT molecular complexity index is 1280. The highest BCUT2D eigenvalue weighted by molar-refractivity contribution is 6.04. The van der Waals surface area contributed by atoms with Crippen molar-refractivity contribution < 1.29 is 23.8 Å². The number of para-hydroxylation sites is 1. The number of oxazole rings is 1. The number of hydrogen-bond acceptors (Lipinski definition) is 6. The molecule has 32 heavy (non-hydrogen) atoms. The van der Waals surface area contributed by atoms with Gasteiger partial charge in [-0.3, -0.25) is 4.79 Å². The van der Waals surface area contributed by atoms with Crippen LogP contribution in [0.5, 0.6) is 5.75 Å². The largest absolute Gasteiger partial charge is 0.508 e. The van der Waals surface area contributed by atoms with Crippen LogP contribution in [0.25, 0.3) is 22.6 Å². The summed E-state index contributed by atoms with van der Waals surface area (Å²) in [6.45, 7) is 3.88. The summed E-state index contributed by atoms with van der Waals surface area (Å²) in [5.41, 5.74) is 3.27. The van der Waals surface area contributed by atoms with Crippen LogP contribution in [0.1, 0.15) is 40.1 Å². The lowest BCUT2D eigenvalue weighted by Gasteiger charge is -2.07. The van der Waals surface area contributed by atoms with Crippen LogP contribution >= 0.6 is 0 Å². The lowest BCUT2D eigenvalue weighted by Crippen LogP contribution is -2.30. The molecule has 1 heterocycles. The van der Waals surface area contributed by atoms with Gasteiger partial charge >= 0.3 is 5.97 Å². The number of nitrogens with zero attached hydrogens (tertiary/aromatic N) is 1. The molecule has 2 N–H and O–H groups in total. The van der Waals surface area contributed by atoms with Crippen molar-refractivity contribution in [2.45, 2.75) is 26.5 Å². The molecular weight excluding hydrogens is 408 g/mol. The molecule has 1 aromatic heterocycles. The summed E-state index contributed by atoms with van der Waals surface area (Å²) in [5, 5.41) is 12.3. The van der Waals surface area contributed by atoms with Crippen molar-refractivity contribution in [3.8, 4) is 17.2 Å². The second kappa shape index (κ2) is 8.93. The van der Waals surface area contributed by atoms with Crippen LogP contribution in [0, 0.1) is 0 Å². The SMILES string of the molecule is CC(C)NC(=O)c1cccc2nc(-c3ccc(COC(=O)c4cccc(O)c4)cc3)oc12. The van der Waals surface area contributed by atoms with Crippen molar-refractivity contribution in [3.63, 3.8) is 0 Å². The van der Waals surface area contributed by atoms with Crippen LogP contribution in [0.3, 0.4) is 0 Å². The quantitative estimate of drug-likeness (QED) is 0.430. The Labute approximate surface area is 184 Å². The summed E-state index contributed by atoms with van der Waals surface area (Å²) in [6.07, 6.45) is 0. The number of benzene rings is 3. The van der Waals surface area contributed by atoms with Gasteiger partial charge in [-0.05, 0) is 61.9 Å². The van der Waals surface area contributed by atoms with Crippen molar-refractivity contribution >= 4 is 23.0 Å². The predicted octanol–water partition coefficient (Wildman–Crippen LogP) is 4.70. The van der Waals surface area contributed by atoms with Gasteiger partial charge in [0.1, 0.15) is 17.9 Å². The van der Waals surface area contributed by atoms with Crippen molar-refractivity contribution in [3.05, 3.63) is 83.4 Å². The van der Waals surface area contributed by atoms with Gasteiger partial charge in [0, 0.05) is 11.6 Å². The summed E-state index contributed by atoms with van der Waals surface area (Å²) >= 11 is 0. The first kappa shape index (κ1) is 21.1. The van der Waals surface area contributed by atoms with Crippen molar-refractivity contribution in [1.29, 1.82) is 0 Å². The average Bonchev–Trinajstić information content (AvgIpc) is 3.21. The number of phenols is 1. The van der Waals surface area contributed by atoms with Crippen molar-refractivity contribution in [1.82, 2.24) is 10.3 Å². The van der Waals surface area contributed by atoms with E-state index in [0.29, 0.717) is 22.6 Å². The summed E-state index contributed by atoms with van der Waals surface area (Å²) < 4.78 is 11.2. The molecule has 0 atom stereocenters. The zero-order valence-corrected chi connectivity index (χ0v) is 17.7. The molecule has 4 rings (SSSR count).